The van der Waals surface area contributed by atoms with Crippen molar-refractivity contribution in [3.63, 3.8) is 0 Å². The van der Waals surface area contributed by atoms with Gasteiger partial charge in [0, 0.05) is 19.2 Å². The van der Waals surface area contributed by atoms with E-state index < -0.39 is 11.9 Å². The number of hydrogen-bond donors (Lipinski definition) is 1. The molecule has 0 aliphatic rings. The van der Waals surface area contributed by atoms with Gasteiger partial charge in [-0.3, -0.25) is 4.79 Å². The largest absolute Gasteiger partial charge is 0.456 e. The monoisotopic (exact) mass is 361 g/mol. The summed E-state index contributed by atoms with van der Waals surface area (Å²) in [5.74, 6) is -1.79. The van der Waals surface area contributed by atoms with Crippen LogP contribution in [0, 0.1) is 0 Å². The van der Waals surface area contributed by atoms with E-state index in [0.29, 0.717) is 0 Å². The van der Waals surface area contributed by atoms with E-state index in [-0.39, 0.29) is 29.1 Å². The van der Waals surface area contributed by atoms with Crippen molar-refractivity contribution in [3.05, 3.63) is 47.0 Å². The third-order valence-electron chi connectivity index (χ3n) is 2.70. The number of aromatic nitrogens is 1. The van der Waals surface area contributed by atoms with Gasteiger partial charge in [0.2, 0.25) is 11.6 Å². The Kier molecular flexibility index (Phi) is 6.35. The van der Waals surface area contributed by atoms with Gasteiger partial charge in [0.15, 0.2) is 5.13 Å². The maximum Gasteiger partial charge on any atom is 0.363 e. The van der Waals surface area contributed by atoms with E-state index in [9.17, 15) is 14.4 Å². The second-order valence-corrected chi connectivity index (χ2v) is 5.66. The predicted molar refractivity (Wildman–Crippen MR) is 91.0 cm³/mol. The van der Waals surface area contributed by atoms with Crippen molar-refractivity contribution in [2.75, 3.05) is 5.32 Å². The van der Waals surface area contributed by atoms with E-state index in [1.165, 1.54) is 12.3 Å². The van der Waals surface area contributed by atoms with E-state index in [4.69, 9.17) is 4.74 Å². The fraction of sp³-hybridized carbons (Fsp3) is 0.188. The molecule has 0 radical (unpaired) electrons. The average Bonchev–Trinajstić information content (AvgIpc) is 3.01. The Balaban J connectivity index is 2.15. The lowest BCUT2D eigenvalue weighted by molar-refractivity contribution is -0.141. The molecule has 0 aliphatic heterocycles. The topological polar surface area (TPSA) is 107 Å². The number of carbonyl (C=O) groups is 3. The molecule has 1 amide bonds. The maximum atomic E-state index is 12.3. The van der Waals surface area contributed by atoms with Crippen LogP contribution in [-0.2, 0) is 30.6 Å². The minimum atomic E-state index is -0.801. The highest BCUT2D eigenvalue weighted by molar-refractivity contribution is 7.14. The number of ether oxygens (including phenoxy) is 1. The maximum absolute atomic E-state index is 12.3. The molecule has 1 heterocycles. The number of amides is 1. The first kappa shape index (κ1) is 18.3. The third-order valence-corrected chi connectivity index (χ3v) is 3.46. The molecule has 0 aliphatic carbocycles. The van der Waals surface area contributed by atoms with E-state index in [1.807, 2.05) is 18.2 Å². The SMILES string of the molecule is CC(=O)Nc1nc(C(=NOC(C)=O)C(=O)OCc2ccccc2)cs1. The minimum absolute atomic E-state index is 0.0292. The first-order valence-electron chi connectivity index (χ1n) is 7.16. The third kappa shape index (κ3) is 5.81. The summed E-state index contributed by atoms with van der Waals surface area (Å²) in [6.45, 7) is 2.52. The Morgan fingerprint density at radius 2 is 1.92 bits per heavy atom. The van der Waals surface area contributed by atoms with Gasteiger partial charge in [-0.25, -0.2) is 14.6 Å². The van der Waals surface area contributed by atoms with E-state index in [0.717, 1.165) is 23.8 Å². The van der Waals surface area contributed by atoms with Gasteiger partial charge in [0.25, 0.3) is 0 Å². The van der Waals surface area contributed by atoms with Gasteiger partial charge in [0.05, 0.1) is 0 Å². The molecule has 8 nitrogen and oxygen atoms in total. The summed E-state index contributed by atoms with van der Waals surface area (Å²) in [5.41, 5.74) is 0.659. The number of carbonyl (C=O) groups excluding carboxylic acids is 3. The second-order valence-electron chi connectivity index (χ2n) is 4.80. The molecule has 1 aromatic heterocycles. The van der Waals surface area contributed by atoms with Crippen LogP contribution >= 0.6 is 11.3 Å². The number of hydrogen-bond acceptors (Lipinski definition) is 8. The Morgan fingerprint density at radius 1 is 1.20 bits per heavy atom. The zero-order valence-corrected chi connectivity index (χ0v) is 14.3. The smallest absolute Gasteiger partial charge is 0.363 e. The molecule has 0 spiro atoms. The fourth-order valence-corrected chi connectivity index (χ4v) is 2.42. The van der Waals surface area contributed by atoms with Crippen LogP contribution in [0.1, 0.15) is 25.1 Å². The highest BCUT2D eigenvalue weighted by Gasteiger charge is 2.21. The zero-order chi connectivity index (χ0) is 18.2. The number of oxime groups is 1. The normalized spacial score (nSPS) is 10.9. The number of benzene rings is 1. The fourth-order valence-electron chi connectivity index (χ4n) is 1.68. The number of rotatable bonds is 6. The van der Waals surface area contributed by atoms with Crippen LogP contribution in [0.2, 0.25) is 0 Å². The van der Waals surface area contributed by atoms with Gasteiger partial charge >= 0.3 is 11.9 Å². The van der Waals surface area contributed by atoms with Crippen LogP contribution in [0.25, 0.3) is 0 Å². The first-order valence-corrected chi connectivity index (χ1v) is 8.04. The molecule has 1 N–H and O–H groups in total. The van der Waals surface area contributed by atoms with Crippen molar-refractivity contribution in [1.29, 1.82) is 0 Å². The summed E-state index contributed by atoms with van der Waals surface area (Å²) in [4.78, 5) is 43.0. The highest BCUT2D eigenvalue weighted by atomic mass is 32.1. The lowest BCUT2D eigenvalue weighted by atomic mass is 10.2. The Morgan fingerprint density at radius 3 is 2.56 bits per heavy atom. The molecule has 0 fully saturated rings. The van der Waals surface area contributed by atoms with Crippen molar-refractivity contribution in [3.8, 4) is 0 Å². The Bertz CT molecular complexity index is 801. The molecule has 0 unspecified atom stereocenters. The van der Waals surface area contributed by atoms with Crippen molar-refractivity contribution in [2.45, 2.75) is 20.5 Å². The molecule has 0 saturated carbocycles. The molecule has 0 saturated heterocycles. The number of nitrogens with one attached hydrogen (secondary N) is 1. The Labute approximate surface area is 147 Å². The van der Waals surface area contributed by atoms with Gasteiger partial charge in [-0.1, -0.05) is 35.5 Å². The van der Waals surface area contributed by atoms with Crippen molar-refractivity contribution in [2.24, 2.45) is 5.16 Å². The molecule has 1 aromatic carbocycles. The standard InChI is InChI=1S/C16H15N3O5S/c1-10(20)17-16-18-13(9-25-16)14(19-24-11(2)21)15(22)23-8-12-6-4-3-5-7-12/h3-7,9H,8H2,1-2H3,(H,17,18,20). The summed E-state index contributed by atoms with van der Waals surface area (Å²) < 4.78 is 5.18. The minimum Gasteiger partial charge on any atom is -0.456 e. The predicted octanol–water partition coefficient (Wildman–Crippen LogP) is 2.11. The summed E-state index contributed by atoms with van der Waals surface area (Å²) >= 11 is 1.10. The summed E-state index contributed by atoms with van der Waals surface area (Å²) in [6.07, 6.45) is 0. The molecule has 130 valence electrons. The highest BCUT2D eigenvalue weighted by Crippen LogP contribution is 2.17. The van der Waals surface area contributed by atoms with Gasteiger partial charge in [-0.15, -0.1) is 11.3 Å². The van der Waals surface area contributed by atoms with Crippen LogP contribution in [0.15, 0.2) is 40.9 Å². The van der Waals surface area contributed by atoms with Crippen molar-refractivity contribution in [1.82, 2.24) is 4.98 Å². The van der Waals surface area contributed by atoms with Crippen LogP contribution < -0.4 is 5.32 Å². The number of anilines is 1. The molecule has 2 rings (SSSR count). The number of nitrogens with zero attached hydrogens (tertiary/aromatic N) is 2. The van der Waals surface area contributed by atoms with E-state index in [1.54, 1.807) is 12.1 Å². The van der Waals surface area contributed by atoms with Gasteiger partial charge < -0.3 is 14.9 Å². The summed E-state index contributed by atoms with van der Waals surface area (Å²) in [5, 5.41) is 7.80. The quantitative estimate of drug-likeness (QED) is 0.365. The molecule has 2 aromatic rings. The van der Waals surface area contributed by atoms with Crippen LogP contribution in [0.5, 0.6) is 0 Å². The lowest BCUT2D eigenvalue weighted by Crippen LogP contribution is -2.20. The summed E-state index contributed by atoms with van der Waals surface area (Å²) in [6, 6.07) is 9.08. The molecule has 25 heavy (non-hydrogen) atoms. The second kappa shape index (κ2) is 8.69. The first-order chi connectivity index (χ1) is 12.0. The molecule has 0 bridgehead atoms. The average molecular weight is 361 g/mol. The van der Waals surface area contributed by atoms with Crippen molar-refractivity contribution < 1.29 is 24.0 Å². The van der Waals surface area contributed by atoms with Crippen LogP contribution in [-0.4, -0.2) is 28.5 Å². The van der Waals surface area contributed by atoms with E-state index >= 15 is 0 Å². The van der Waals surface area contributed by atoms with Gasteiger partial charge in [0.1, 0.15) is 12.3 Å². The number of thiazole rings is 1. The lowest BCUT2D eigenvalue weighted by Gasteiger charge is -2.05. The molecule has 9 heteroatoms. The zero-order valence-electron chi connectivity index (χ0n) is 13.5. The molecular weight excluding hydrogens is 346 g/mol. The molecular formula is C16H15N3O5S. The van der Waals surface area contributed by atoms with Gasteiger partial charge in [-0.2, -0.15) is 0 Å². The van der Waals surface area contributed by atoms with E-state index in [2.05, 4.69) is 20.3 Å². The van der Waals surface area contributed by atoms with Gasteiger partial charge in [-0.05, 0) is 5.56 Å². The Hall–Kier alpha value is -3.07. The number of esters is 1. The summed E-state index contributed by atoms with van der Waals surface area (Å²) in [7, 11) is 0. The van der Waals surface area contributed by atoms with Crippen molar-refractivity contribution >= 4 is 40.0 Å². The van der Waals surface area contributed by atoms with Crippen LogP contribution in [0.3, 0.4) is 0 Å². The van der Waals surface area contributed by atoms with Crippen LogP contribution in [0.4, 0.5) is 5.13 Å². The molecule has 0 atom stereocenters.